The highest BCUT2D eigenvalue weighted by Crippen LogP contribution is 2.47. The average molecular weight is 769 g/mol. The molecule has 57 heavy (non-hydrogen) atoms. The van der Waals surface area contributed by atoms with E-state index in [9.17, 15) is 19.2 Å². The number of imidazole rings is 1. The Morgan fingerprint density at radius 3 is 2.39 bits per heavy atom. The molecule has 14 nitrogen and oxygen atoms in total. The number of piperazine rings is 1. The number of amides is 3. The first kappa shape index (κ1) is 35.6. The van der Waals surface area contributed by atoms with Crippen molar-refractivity contribution in [3.63, 3.8) is 0 Å². The summed E-state index contributed by atoms with van der Waals surface area (Å²) in [5.41, 5.74) is 8.05. The number of hydrogen-bond donors (Lipinski definition) is 3. The molecule has 4 fully saturated rings. The van der Waals surface area contributed by atoms with E-state index in [0.717, 1.165) is 122 Å². The number of aromatic nitrogens is 5. The van der Waals surface area contributed by atoms with Gasteiger partial charge in [-0.25, -0.2) is 9.78 Å². The van der Waals surface area contributed by atoms with E-state index in [1.807, 2.05) is 30.6 Å². The van der Waals surface area contributed by atoms with Crippen LogP contribution in [-0.4, -0.2) is 99.1 Å². The van der Waals surface area contributed by atoms with Crippen molar-refractivity contribution in [2.75, 3.05) is 62.2 Å². The molecular formula is C43H48N10O4. The second-order valence-electron chi connectivity index (χ2n) is 16.7. The highest BCUT2D eigenvalue weighted by molar-refractivity contribution is 6.00. The van der Waals surface area contributed by atoms with Crippen molar-refractivity contribution in [3.8, 4) is 22.5 Å². The molecule has 3 saturated heterocycles. The molecule has 8 heterocycles. The monoisotopic (exact) mass is 768 g/mol. The van der Waals surface area contributed by atoms with Gasteiger partial charge in [-0.3, -0.25) is 38.7 Å². The SMILES string of the molecule is Cn1c(=O)n(C2CCC(=O)NC2=O)c2ccc(N3CCC(CN4CCN(c5ccc(-c6cc(-c7cc8c([nH]7)C7(CCC7)CNC8=O)ccn6)cn5)CC4)CC3)cc21. The Morgan fingerprint density at radius 2 is 1.65 bits per heavy atom. The first-order valence-corrected chi connectivity index (χ1v) is 20.4. The van der Waals surface area contributed by atoms with Crippen molar-refractivity contribution < 1.29 is 14.4 Å². The Bertz CT molecular complexity index is 2450. The van der Waals surface area contributed by atoms with Crippen molar-refractivity contribution in [2.24, 2.45) is 13.0 Å². The van der Waals surface area contributed by atoms with Crippen molar-refractivity contribution >= 4 is 40.3 Å². The Balaban J connectivity index is 0.730. The number of imide groups is 1. The summed E-state index contributed by atoms with van der Waals surface area (Å²) in [7, 11) is 1.74. The molecule has 5 aliphatic rings. The van der Waals surface area contributed by atoms with Crippen molar-refractivity contribution in [2.45, 2.75) is 56.4 Å². The van der Waals surface area contributed by atoms with E-state index in [-0.39, 0.29) is 29.3 Å². The first-order chi connectivity index (χ1) is 27.7. The van der Waals surface area contributed by atoms with E-state index in [0.29, 0.717) is 24.4 Å². The van der Waals surface area contributed by atoms with Gasteiger partial charge in [0.25, 0.3) is 5.91 Å². The number of aryl methyl sites for hydroxylation is 1. The third kappa shape index (κ3) is 6.30. The fourth-order valence-corrected chi connectivity index (χ4v) is 9.83. The molecule has 1 saturated carbocycles. The van der Waals surface area contributed by atoms with E-state index in [4.69, 9.17) is 4.98 Å². The van der Waals surface area contributed by atoms with Crippen LogP contribution in [0.5, 0.6) is 0 Å². The number of nitrogens with zero attached hydrogens (tertiary/aromatic N) is 7. The van der Waals surface area contributed by atoms with E-state index in [1.165, 1.54) is 11.0 Å². The van der Waals surface area contributed by atoms with Crippen LogP contribution in [0, 0.1) is 5.92 Å². The number of pyridine rings is 2. The molecule has 4 aliphatic heterocycles. The largest absolute Gasteiger partial charge is 0.371 e. The molecule has 14 heteroatoms. The van der Waals surface area contributed by atoms with Crippen LogP contribution in [-0.2, 0) is 22.1 Å². The van der Waals surface area contributed by atoms with Gasteiger partial charge in [0.15, 0.2) is 0 Å². The van der Waals surface area contributed by atoms with Crippen LogP contribution in [0.2, 0.25) is 0 Å². The minimum Gasteiger partial charge on any atom is -0.371 e. The molecule has 1 unspecified atom stereocenters. The highest BCUT2D eigenvalue weighted by Gasteiger charge is 2.45. The maximum Gasteiger partial charge on any atom is 0.329 e. The topological polar surface area (TPSA) is 153 Å². The minimum atomic E-state index is -0.680. The fourth-order valence-electron chi connectivity index (χ4n) is 9.83. The summed E-state index contributed by atoms with van der Waals surface area (Å²) in [6.45, 7) is 7.59. The molecule has 3 N–H and O–H groups in total. The van der Waals surface area contributed by atoms with Gasteiger partial charge in [-0.05, 0) is 86.6 Å². The summed E-state index contributed by atoms with van der Waals surface area (Å²) in [6.07, 6.45) is 9.92. The minimum absolute atomic E-state index is 0.00575. The molecular weight excluding hydrogens is 721 g/mol. The van der Waals surface area contributed by atoms with Crippen LogP contribution >= 0.6 is 0 Å². The molecule has 0 radical (unpaired) electrons. The Hall–Kier alpha value is -5.76. The third-order valence-corrected chi connectivity index (χ3v) is 13.4. The molecule has 5 aromatic rings. The van der Waals surface area contributed by atoms with Gasteiger partial charge in [0.05, 0.1) is 22.3 Å². The van der Waals surface area contributed by atoms with Crippen LogP contribution < -0.4 is 26.1 Å². The average Bonchev–Trinajstić information content (AvgIpc) is 3.78. The normalized spacial score (nSPS) is 21.4. The van der Waals surface area contributed by atoms with Crippen LogP contribution in [0.3, 0.4) is 0 Å². The van der Waals surface area contributed by atoms with Crippen LogP contribution in [0.1, 0.15) is 67.0 Å². The molecule has 1 aliphatic carbocycles. The van der Waals surface area contributed by atoms with Gasteiger partial charge < -0.3 is 20.1 Å². The number of aromatic amines is 1. The fraction of sp³-hybridized carbons (Fsp3) is 0.442. The summed E-state index contributed by atoms with van der Waals surface area (Å²) in [4.78, 5) is 70.7. The molecule has 4 aromatic heterocycles. The number of nitrogens with one attached hydrogen (secondary N) is 3. The molecule has 0 bridgehead atoms. The van der Waals surface area contributed by atoms with Gasteiger partial charge in [0.1, 0.15) is 11.9 Å². The number of hydrogen-bond acceptors (Lipinski definition) is 9. The Labute approximate surface area is 330 Å². The lowest BCUT2D eigenvalue weighted by Crippen LogP contribution is -2.50. The summed E-state index contributed by atoms with van der Waals surface area (Å²) in [5.74, 6) is 0.913. The van der Waals surface area contributed by atoms with E-state index in [1.54, 1.807) is 11.6 Å². The van der Waals surface area contributed by atoms with E-state index < -0.39 is 11.9 Å². The highest BCUT2D eigenvalue weighted by atomic mass is 16.2. The maximum atomic E-state index is 13.2. The van der Waals surface area contributed by atoms with Crippen LogP contribution in [0.25, 0.3) is 33.5 Å². The quantitative estimate of drug-likeness (QED) is 0.209. The number of benzene rings is 1. The summed E-state index contributed by atoms with van der Waals surface area (Å²) < 4.78 is 3.15. The smallest absolute Gasteiger partial charge is 0.329 e. The van der Waals surface area contributed by atoms with Gasteiger partial charge >= 0.3 is 5.69 Å². The lowest BCUT2D eigenvalue weighted by atomic mass is 9.64. The molecule has 3 amide bonds. The zero-order valence-corrected chi connectivity index (χ0v) is 32.3. The molecule has 294 valence electrons. The number of fused-ring (bicyclic) bond motifs is 3. The molecule has 1 atom stereocenters. The number of piperidine rings is 2. The predicted octanol–water partition coefficient (Wildman–Crippen LogP) is 3.97. The van der Waals surface area contributed by atoms with Crippen molar-refractivity contribution in [1.82, 2.24) is 39.6 Å². The maximum absolute atomic E-state index is 13.2. The number of carbonyl (C=O) groups excluding carboxylic acids is 3. The molecule has 10 rings (SSSR count). The predicted molar refractivity (Wildman–Crippen MR) is 217 cm³/mol. The van der Waals surface area contributed by atoms with Gasteiger partial charge in [0.2, 0.25) is 11.8 Å². The zero-order valence-electron chi connectivity index (χ0n) is 32.3. The van der Waals surface area contributed by atoms with Crippen molar-refractivity contribution in [3.05, 3.63) is 82.7 Å². The number of rotatable bonds is 7. The molecule has 1 aromatic carbocycles. The van der Waals surface area contributed by atoms with E-state index in [2.05, 4.69) is 65.6 Å². The number of H-pyrrole nitrogens is 1. The van der Waals surface area contributed by atoms with Gasteiger partial charge in [-0.15, -0.1) is 0 Å². The zero-order chi connectivity index (χ0) is 38.8. The summed E-state index contributed by atoms with van der Waals surface area (Å²) in [5, 5.41) is 5.48. The van der Waals surface area contributed by atoms with Crippen LogP contribution in [0.15, 0.2) is 65.7 Å². The Kier molecular flexibility index (Phi) is 8.76. The second kappa shape index (κ2) is 14.0. The van der Waals surface area contributed by atoms with Crippen LogP contribution in [0.4, 0.5) is 11.5 Å². The first-order valence-electron chi connectivity index (χ1n) is 20.4. The Morgan fingerprint density at radius 1 is 0.825 bits per heavy atom. The third-order valence-electron chi connectivity index (χ3n) is 13.4. The number of anilines is 2. The summed E-state index contributed by atoms with van der Waals surface area (Å²) in [6, 6.07) is 15.7. The van der Waals surface area contributed by atoms with Gasteiger partial charge in [-0.2, -0.15) is 0 Å². The second-order valence-corrected chi connectivity index (χ2v) is 16.7. The van der Waals surface area contributed by atoms with Gasteiger partial charge in [0, 0.05) is 112 Å². The van der Waals surface area contributed by atoms with Gasteiger partial charge in [-0.1, -0.05) is 6.42 Å². The van der Waals surface area contributed by atoms with Crippen molar-refractivity contribution in [1.29, 1.82) is 0 Å². The number of carbonyl (C=O) groups is 3. The lowest BCUT2D eigenvalue weighted by Gasteiger charge is -2.44. The molecule has 1 spiro atoms. The lowest BCUT2D eigenvalue weighted by molar-refractivity contribution is -0.135. The standard InChI is InChI=1S/C43H48N10O4/c1-49-36-22-30(4-5-34(36)53(42(49)57)35-6-8-38(54)48-41(35)56)51-15-10-27(11-16-51)25-50-17-19-52(20-18-50)37-7-3-29(24-45-37)32-21-28(9-14-44-32)33-23-31-39(47-33)43(12-2-13-43)26-46-40(31)55/h3-5,7,9,14,21-24,27,35,47H,2,6,8,10-13,15-20,25-26H2,1H3,(H,46,55)(H,48,54,56). The summed E-state index contributed by atoms with van der Waals surface area (Å²) >= 11 is 0. The van der Waals surface area contributed by atoms with E-state index >= 15 is 0 Å².